The zero-order valence-electron chi connectivity index (χ0n) is 19.0. The molecular formula is C27H30N2O5. The molecule has 0 aliphatic heterocycles. The van der Waals surface area contributed by atoms with Gasteiger partial charge in [-0.3, -0.25) is 9.59 Å². The van der Waals surface area contributed by atoms with Crippen LogP contribution in [-0.2, 0) is 14.3 Å². The van der Waals surface area contributed by atoms with E-state index in [1.165, 1.54) is 12.8 Å². The molecule has 2 fully saturated rings. The van der Waals surface area contributed by atoms with Gasteiger partial charge in [0, 0.05) is 18.9 Å². The summed E-state index contributed by atoms with van der Waals surface area (Å²) in [7, 11) is 0. The van der Waals surface area contributed by atoms with Crippen molar-refractivity contribution < 1.29 is 24.2 Å². The zero-order valence-corrected chi connectivity index (χ0v) is 19.0. The lowest BCUT2D eigenvalue weighted by atomic mass is 9.98. The van der Waals surface area contributed by atoms with Crippen LogP contribution in [0.3, 0.4) is 0 Å². The van der Waals surface area contributed by atoms with Gasteiger partial charge in [-0.2, -0.15) is 0 Å². The fraction of sp³-hybridized carbons (Fsp3) is 0.444. The highest BCUT2D eigenvalue weighted by molar-refractivity contribution is 5.86. The quantitative estimate of drug-likeness (QED) is 0.496. The maximum atomic E-state index is 12.7. The van der Waals surface area contributed by atoms with E-state index in [1.807, 2.05) is 36.4 Å². The summed E-state index contributed by atoms with van der Waals surface area (Å²) in [5, 5.41) is 14.6. The topological polar surface area (TPSA) is 105 Å². The standard InChI is InChI=1S/C27H30N2O5/c30-25(31)12-11-24(26(32)28-14-17-13-22(17)16-9-10-16)29-27(33)34-15-23-20-7-3-1-5-18(20)19-6-2-4-8-21(19)23/h1-8,16-17,22-24H,9-15H2,(H,28,32)(H,29,33)(H,30,31). The van der Waals surface area contributed by atoms with Crippen molar-refractivity contribution >= 4 is 18.0 Å². The van der Waals surface area contributed by atoms with Gasteiger partial charge in [0.25, 0.3) is 0 Å². The summed E-state index contributed by atoms with van der Waals surface area (Å²) in [6, 6.07) is 15.2. The van der Waals surface area contributed by atoms with E-state index in [0.717, 1.165) is 34.6 Å². The third-order valence-corrected chi connectivity index (χ3v) is 7.34. The lowest BCUT2D eigenvalue weighted by Gasteiger charge is -2.19. The molecule has 3 N–H and O–H groups in total. The molecule has 34 heavy (non-hydrogen) atoms. The number of carboxylic acid groups (broad SMARTS) is 1. The summed E-state index contributed by atoms with van der Waals surface area (Å²) in [4.78, 5) is 36.4. The Balaban J connectivity index is 1.18. The predicted molar refractivity (Wildman–Crippen MR) is 126 cm³/mol. The second kappa shape index (κ2) is 9.49. The normalized spacial score (nSPS) is 21.2. The monoisotopic (exact) mass is 462 g/mol. The predicted octanol–water partition coefficient (Wildman–Crippen LogP) is 3.92. The van der Waals surface area contributed by atoms with Gasteiger partial charge in [0.05, 0.1) is 0 Å². The van der Waals surface area contributed by atoms with Crippen LogP contribution >= 0.6 is 0 Å². The molecule has 2 saturated carbocycles. The largest absolute Gasteiger partial charge is 0.481 e. The fourth-order valence-electron chi connectivity index (χ4n) is 5.28. The lowest BCUT2D eigenvalue weighted by molar-refractivity contribution is -0.137. The molecule has 2 aromatic rings. The summed E-state index contributed by atoms with van der Waals surface area (Å²) in [6.45, 7) is 0.716. The van der Waals surface area contributed by atoms with Crippen LogP contribution in [0.5, 0.6) is 0 Å². The number of carbonyl (C=O) groups excluding carboxylic acids is 2. The maximum Gasteiger partial charge on any atom is 0.407 e. The minimum Gasteiger partial charge on any atom is -0.481 e. The number of hydrogen-bond donors (Lipinski definition) is 3. The van der Waals surface area contributed by atoms with E-state index in [9.17, 15) is 14.4 Å². The third-order valence-electron chi connectivity index (χ3n) is 7.34. The number of benzene rings is 2. The van der Waals surface area contributed by atoms with Gasteiger partial charge in [-0.25, -0.2) is 4.79 Å². The average molecular weight is 463 g/mol. The van der Waals surface area contributed by atoms with Crippen LogP contribution in [0.25, 0.3) is 11.1 Å². The summed E-state index contributed by atoms with van der Waals surface area (Å²) >= 11 is 0. The fourth-order valence-corrected chi connectivity index (χ4v) is 5.28. The molecule has 2 amide bonds. The molecule has 3 aliphatic rings. The zero-order chi connectivity index (χ0) is 23.7. The van der Waals surface area contributed by atoms with Crippen LogP contribution in [0, 0.1) is 17.8 Å². The highest BCUT2D eigenvalue weighted by atomic mass is 16.5. The summed E-state index contributed by atoms with van der Waals surface area (Å²) < 4.78 is 5.54. The van der Waals surface area contributed by atoms with Gasteiger partial charge in [-0.15, -0.1) is 0 Å². The van der Waals surface area contributed by atoms with Crippen molar-refractivity contribution in [3.63, 3.8) is 0 Å². The molecule has 0 aromatic heterocycles. The highest BCUT2D eigenvalue weighted by Crippen LogP contribution is 2.54. The second-order valence-electron chi connectivity index (χ2n) is 9.70. The Labute approximate surface area is 198 Å². The van der Waals surface area contributed by atoms with Gasteiger partial charge in [0.1, 0.15) is 12.6 Å². The Bertz CT molecular complexity index is 1050. The second-order valence-corrected chi connectivity index (χ2v) is 9.70. The molecule has 3 aliphatic carbocycles. The van der Waals surface area contributed by atoms with Gasteiger partial charge in [0.2, 0.25) is 5.91 Å². The Hall–Kier alpha value is -3.35. The molecule has 0 heterocycles. The Morgan fingerprint density at radius 2 is 1.65 bits per heavy atom. The van der Waals surface area contributed by atoms with Gasteiger partial charge in [-0.1, -0.05) is 48.5 Å². The number of aliphatic carboxylic acids is 1. The van der Waals surface area contributed by atoms with Crippen molar-refractivity contribution in [3.05, 3.63) is 59.7 Å². The smallest absolute Gasteiger partial charge is 0.407 e. The van der Waals surface area contributed by atoms with Crippen LogP contribution in [0.4, 0.5) is 4.79 Å². The molecule has 0 radical (unpaired) electrons. The first-order valence-corrected chi connectivity index (χ1v) is 12.1. The van der Waals surface area contributed by atoms with E-state index < -0.39 is 18.1 Å². The van der Waals surface area contributed by atoms with Crippen LogP contribution in [0.2, 0.25) is 0 Å². The van der Waals surface area contributed by atoms with Crippen molar-refractivity contribution in [2.45, 2.75) is 44.1 Å². The molecule has 3 atom stereocenters. The van der Waals surface area contributed by atoms with Crippen molar-refractivity contribution in [3.8, 4) is 11.1 Å². The molecular weight excluding hydrogens is 432 g/mol. The van der Waals surface area contributed by atoms with Crippen LogP contribution in [0.1, 0.15) is 49.1 Å². The van der Waals surface area contributed by atoms with Gasteiger partial charge in [0.15, 0.2) is 0 Å². The van der Waals surface area contributed by atoms with E-state index in [1.54, 1.807) is 0 Å². The number of ether oxygens (including phenoxy) is 1. The summed E-state index contributed by atoms with van der Waals surface area (Å²) in [5.74, 6) is 0.598. The SMILES string of the molecule is O=C(O)CCC(NC(=O)OCC1c2ccccc2-c2ccccc21)C(=O)NCC1CC1C1CC1. The van der Waals surface area contributed by atoms with E-state index in [2.05, 4.69) is 22.8 Å². The minimum atomic E-state index is -1.01. The first-order valence-electron chi connectivity index (χ1n) is 12.1. The van der Waals surface area contributed by atoms with E-state index in [4.69, 9.17) is 9.84 Å². The van der Waals surface area contributed by atoms with Gasteiger partial charge >= 0.3 is 12.1 Å². The van der Waals surface area contributed by atoms with Crippen molar-refractivity contribution in [2.24, 2.45) is 17.8 Å². The van der Waals surface area contributed by atoms with Gasteiger partial charge in [-0.05, 0) is 65.7 Å². The van der Waals surface area contributed by atoms with Crippen molar-refractivity contribution in [1.29, 1.82) is 0 Å². The number of alkyl carbamates (subject to hydrolysis) is 1. The summed E-state index contributed by atoms with van der Waals surface area (Å²) in [6.07, 6.45) is 2.82. The maximum absolute atomic E-state index is 12.7. The molecule has 7 heteroatoms. The highest BCUT2D eigenvalue weighted by Gasteiger charge is 2.47. The molecule has 3 unspecified atom stereocenters. The molecule has 0 bridgehead atoms. The molecule has 0 spiro atoms. The van der Waals surface area contributed by atoms with E-state index in [0.29, 0.717) is 18.4 Å². The first-order chi connectivity index (χ1) is 16.5. The van der Waals surface area contributed by atoms with E-state index in [-0.39, 0.29) is 31.3 Å². The number of amides is 2. The number of carbonyl (C=O) groups is 3. The molecule has 2 aromatic carbocycles. The van der Waals surface area contributed by atoms with Crippen LogP contribution < -0.4 is 10.6 Å². The van der Waals surface area contributed by atoms with Crippen LogP contribution in [-0.4, -0.2) is 42.3 Å². The molecule has 0 saturated heterocycles. The number of fused-ring (bicyclic) bond motifs is 3. The van der Waals surface area contributed by atoms with Crippen molar-refractivity contribution in [2.75, 3.05) is 13.2 Å². The first kappa shape index (κ1) is 22.4. The Morgan fingerprint density at radius 3 is 2.26 bits per heavy atom. The van der Waals surface area contributed by atoms with Crippen molar-refractivity contribution in [1.82, 2.24) is 10.6 Å². The number of carboxylic acids is 1. The molecule has 178 valence electrons. The van der Waals surface area contributed by atoms with Gasteiger partial charge < -0.3 is 20.5 Å². The number of rotatable bonds is 10. The number of nitrogens with one attached hydrogen (secondary N) is 2. The third kappa shape index (κ3) is 4.93. The lowest BCUT2D eigenvalue weighted by Crippen LogP contribution is -2.47. The molecule has 5 rings (SSSR count). The average Bonchev–Trinajstić information content (AvgIpc) is 3.75. The van der Waals surface area contributed by atoms with E-state index >= 15 is 0 Å². The van der Waals surface area contributed by atoms with Crippen LogP contribution in [0.15, 0.2) is 48.5 Å². The Morgan fingerprint density at radius 1 is 1.00 bits per heavy atom. The number of hydrogen-bond acceptors (Lipinski definition) is 4. The Kier molecular flexibility index (Phi) is 6.26. The minimum absolute atomic E-state index is 0.0160. The molecule has 7 nitrogen and oxygen atoms in total. The summed E-state index contributed by atoms with van der Waals surface area (Å²) in [5.41, 5.74) is 4.48.